The molecule has 0 aliphatic carbocycles. The van der Waals surface area contributed by atoms with E-state index in [0.29, 0.717) is 0 Å². The molecule has 0 fully saturated rings. The fourth-order valence-electron chi connectivity index (χ4n) is 1.99. The largest absolute Gasteiger partial charge is 0.361 e. The van der Waals surface area contributed by atoms with Gasteiger partial charge in [0.05, 0.1) is 5.69 Å². The Labute approximate surface area is 137 Å². The van der Waals surface area contributed by atoms with Crippen molar-refractivity contribution in [3.63, 3.8) is 0 Å². The number of aryl methyl sites for hydroxylation is 3. The third kappa shape index (κ3) is 3.31. The summed E-state index contributed by atoms with van der Waals surface area (Å²) in [6, 6.07) is 8.12. The summed E-state index contributed by atoms with van der Waals surface area (Å²) >= 11 is 3.20. The smallest absolute Gasteiger partial charge is 0.210 e. The number of hydrogen-bond acceptors (Lipinski definition) is 7. The van der Waals surface area contributed by atoms with E-state index in [1.165, 1.54) is 5.56 Å². The summed E-state index contributed by atoms with van der Waals surface area (Å²) < 4.78 is 6.10. The molecular weight excluding hydrogens is 316 g/mol. The fraction of sp³-hybridized carbons (Fsp3) is 0.267. The van der Waals surface area contributed by atoms with Gasteiger partial charge in [-0.25, -0.2) is 0 Å². The van der Waals surface area contributed by atoms with Gasteiger partial charge in [0.1, 0.15) is 5.76 Å². The summed E-state index contributed by atoms with van der Waals surface area (Å²) in [5.41, 5.74) is 4.31. The van der Waals surface area contributed by atoms with E-state index in [-0.39, 0.29) is 0 Å². The Balaban J connectivity index is 1.66. The zero-order valence-electron chi connectivity index (χ0n) is 12.6. The summed E-state index contributed by atoms with van der Waals surface area (Å²) in [4.78, 5) is 0. The second-order valence-electron chi connectivity index (χ2n) is 4.90. The molecule has 0 amide bonds. The minimum atomic E-state index is 0.792. The molecule has 0 unspecified atom stereocenters. The molecule has 0 radical (unpaired) electrons. The summed E-state index contributed by atoms with van der Waals surface area (Å²) in [6.45, 7) is 5.95. The lowest BCUT2D eigenvalue weighted by atomic mass is 10.2. The first-order chi connectivity index (χ1) is 10.6. The molecule has 0 aliphatic rings. The Morgan fingerprint density at radius 1 is 1.18 bits per heavy atom. The van der Waals surface area contributed by atoms with E-state index in [0.717, 1.165) is 37.9 Å². The van der Waals surface area contributed by atoms with Crippen molar-refractivity contribution in [2.75, 3.05) is 5.32 Å². The van der Waals surface area contributed by atoms with Gasteiger partial charge in [0.15, 0.2) is 4.34 Å². The highest BCUT2D eigenvalue weighted by atomic mass is 32.2. The van der Waals surface area contributed by atoms with E-state index < -0.39 is 0 Å². The molecule has 5 nitrogen and oxygen atoms in total. The average Bonchev–Trinajstić information content (AvgIpc) is 3.07. The third-order valence-corrected chi connectivity index (χ3v) is 5.31. The highest BCUT2D eigenvalue weighted by molar-refractivity contribution is 8.00. The number of para-hydroxylation sites is 1. The molecule has 114 valence electrons. The van der Waals surface area contributed by atoms with Crippen molar-refractivity contribution >= 4 is 33.9 Å². The van der Waals surface area contributed by atoms with Crippen molar-refractivity contribution in [2.45, 2.75) is 30.9 Å². The van der Waals surface area contributed by atoms with Gasteiger partial charge >= 0.3 is 0 Å². The maximum Gasteiger partial charge on any atom is 0.210 e. The summed E-state index contributed by atoms with van der Waals surface area (Å²) in [5, 5.41) is 16.5. The fourth-order valence-corrected chi connectivity index (χ4v) is 3.91. The zero-order chi connectivity index (χ0) is 15.5. The maximum atomic E-state index is 5.17. The van der Waals surface area contributed by atoms with Crippen LogP contribution in [0.15, 0.2) is 33.1 Å². The van der Waals surface area contributed by atoms with Gasteiger partial charge < -0.3 is 9.84 Å². The SMILES string of the molecule is Cc1ccccc1Nc1nnc(SCc2c(C)noc2C)s1. The standard InChI is InChI=1S/C15H16N4OS2/c1-9-6-4-5-7-13(9)16-14-17-18-15(22-14)21-8-12-10(2)19-20-11(12)3/h4-7H,8H2,1-3H3,(H,16,17). The molecular formula is C15H16N4OS2. The van der Waals surface area contributed by atoms with Crippen molar-refractivity contribution in [1.82, 2.24) is 15.4 Å². The van der Waals surface area contributed by atoms with Gasteiger partial charge in [0.2, 0.25) is 5.13 Å². The van der Waals surface area contributed by atoms with Crippen molar-refractivity contribution in [2.24, 2.45) is 0 Å². The van der Waals surface area contributed by atoms with E-state index >= 15 is 0 Å². The predicted octanol–water partition coefficient (Wildman–Crippen LogP) is 4.49. The van der Waals surface area contributed by atoms with Crippen LogP contribution >= 0.6 is 23.1 Å². The lowest BCUT2D eigenvalue weighted by molar-refractivity contribution is 0.392. The second kappa shape index (κ2) is 6.50. The van der Waals surface area contributed by atoms with Gasteiger partial charge in [0, 0.05) is 17.0 Å². The number of rotatable bonds is 5. The van der Waals surface area contributed by atoms with E-state index in [4.69, 9.17) is 4.52 Å². The highest BCUT2D eigenvalue weighted by Gasteiger charge is 2.12. The topological polar surface area (TPSA) is 63.8 Å². The van der Waals surface area contributed by atoms with Crippen molar-refractivity contribution in [3.05, 3.63) is 46.8 Å². The molecule has 7 heteroatoms. The molecule has 0 spiro atoms. The van der Waals surface area contributed by atoms with Crippen LogP contribution in [0.2, 0.25) is 0 Å². The minimum absolute atomic E-state index is 0.792. The first-order valence-corrected chi connectivity index (χ1v) is 8.64. The van der Waals surface area contributed by atoms with Crippen LogP contribution in [-0.2, 0) is 5.75 Å². The number of nitrogens with one attached hydrogen (secondary N) is 1. The molecule has 0 atom stereocenters. The van der Waals surface area contributed by atoms with Crippen molar-refractivity contribution < 1.29 is 4.52 Å². The molecule has 1 aromatic carbocycles. The average molecular weight is 332 g/mol. The molecule has 2 aromatic heterocycles. The number of thioether (sulfide) groups is 1. The Morgan fingerprint density at radius 3 is 2.73 bits per heavy atom. The molecule has 3 aromatic rings. The number of aromatic nitrogens is 3. The molecule has 1 N–H and O–H groups in total. The zero-order valence-corrected chi connectivity index (χ0v) is 14.2. The summed E-state index contributed by atoms with van der Waals surface area (Å²) in [6.07, 6.45) is 0. The Kier molecular flexibility index (Phi) is 4.44. The number of anilines is 2. The molecule has 0 saturated carbocycles. The van der Waals surface area contributed by atoms with Crippen LogP contribution in [0.4, 0.5) is 10.8 Å². The van der Waals surface area contributed by atoms with Gasteiger partial charge in [-0.2, -0.15) is 0 Å². The Hall–Kier alpha value is -1.86. The minimum Gasteiger partial charge on any atom is -0.361 e. The normalized spacial score (nSPS) is 10.9. The van der Waals surface area contributed by atoms with Gasteiger partial charge in [-0.1, -0.05) is 46.5 Å². The lowest BCUT2D eigenvalue weighted by Gasteiger charge is -2.04. The van der Waals surface area contributed by atoms with Crippen LogP contribution in [0.1, 0.15) is 22.6 Å². The quantitative estimate of drug-likeness (QED) is 0.695. The molecule has 22 heavy (non-hydrogen) atoms. The molecule has 0 bridgehead atoms. The highest BCUT2D eigenvalue weighted by Crippen LogP contribution is 2.31. The van der Waals surface area contributed by atoms with Gasteiger partial charge in [-0.05, 0) is 32.4 Å². The summed E-state index contributed by atoms with van der Waals surface area (Å²) in [7, 11) is 0. The molecule has 2 heterocycles. The van der Waals surface area contributed by atoms with E-state index in [1.807, 2.05) is 32.0 Å². The van der Waals surface area contributed by atoms with Crippen LogP contribution in [0, 0.1) is 20.8 Å². The Morgan fingerprint density at radius 2 is 2.00 bits per heavy atom. The predicted molar refractivity (Wildman–Crippen MR) is 89.9 cm³/mol. The van der Waals surface area contributed by atoms with Crippen LogP contribution in [-0.4, -0.2) is 15.4 Å². The molecule has 0 aliphatic heterocycles. The van der Waals surface area contributed by atoms with Gasteiger partial charge in [-0.3, -0.25) is 0 Å². The van der Waals surface area contributed by atoms with Crippen molar-refractivity contribution in [3.8, 4) is 0 Å². The van der Waals surface area contributed by atoms with E-state index in [9.17, 15) is 0 Å². The number of nitrogens with zero attached hydrogens (tertiary/aromatic N) is 3. The number of hydrogen-bond donors (Lipinski definition) is 1. The third-order valence-electron chi connectivity index (χ3n) is 3.31. The second-order valence-corrected chi connectivity index (χ2v) is 7.10. The monoisotopic (exact) mass is 332 g/mol. The molecule has 3 rings (SSSR count). The van der Waals surface area contributed by atoms with Crippen LogP contribution in [0.25, 0.3) is 0 Å². The van der Waals surface area contributed by atoms with Crippen molar-refractivity contribution in [1.29, 1.82) is 0 Å². The first-order valence-electron chi connectivity index (χ1n) is 6.84. The van der Waals surface area contributed by atoms with Gasteiger partial charge in [0.25, 0.3) is 0 Å². The Bertz CT molecular complexity index is 762. The van der Waals surface area contributed by atoms with Crippen LogP contribution in [0.3, 0.4) is 0 Å². The van der Waals surface area contributed by atoms with Gasteiger partial charge in [-0.15, -0.1) is 10.2 Å². The van der Waals surface area contributed by atoms with Crippen LogP contribution in [0.5, 0.6) is 0 Å². The lowest BCUT2D eigenvalue weighted by Crippen LogP contribution is -1.91. The van der Waals surface area contributed by atoms with Crippen LogP contribution < -0.4 is 5.32 Å². The van der Waals surface area contributed by atoms with E-state index in [2.05, 4.69) is 33.7 Å². The summed E-state index contributed by atoms with van der Waals surface area (Å²) in [5.74, 6) is 1.66. The molecule has 0 saturated heterocycles. The van der Waals surface area contributed by atoms with E-state index in [1.54, 1.807) is 23.1 Å². The maximum absolute atomic E-state index is 5.17. The first kappa shape index (κ1) is 15.1. The number of benzene rings is 1.